The highest BCUT2D eigenvalue weighted by molar-refractivity contribution is 7.49. The van der Waals surface area contributed by atoms with Crippen molar-refractivity contribution in [3.8, 4) is 72.4 Å². The van der Waals surface area contributed by atoms with Crippen LogP contribution < -0.4 is 63.1 Å². The monoisotopic (exact) mass is 1890 g/mol. The lowest BCUT2D eigenvalue weighted by molar-refractivity contribution is -0.179. The molecule has 4 aromatic heterocycles. The van der Waals surface area contributed by atoms with Crippen molar-refractivity contribution < 1.29 is 138 Å². The summed E-state index contributed by atoms with van der Waals surface area (Å²) in [6.07, 6.45) is 3.96. The van der Waals surface area contributed by atoms with Crippen LogP contribution in [-0.2, 0) is 99.8 Å². The molecule has 8 N–H and O–H groups in total. The van der Waals surface area contributed by atoms with E-state index in [1.54, 1.807) is 11.1 Å². The Balaban J connectivity index is 0.000000148. The lowest BCUT2D eigenvalue weighted by Gasteiger charge is -2.27. The maximum absolute atomic E-state index is 15.7. The first-order valence-corrected chi connectivity index (χ1v) is 42.2. The minimum atomic E-state index is -4.76. The van der Waals surface area contributed by atoms with Crippen LogP contribution in [0, 0.1) is 49.4 Å². The van der Waals surface area contributed by atoms with Crippen molar-refractivity contribution >= 4 is 77.7 Å². The van der Waals surface area contributed by atoms with Crippen molar-refractivity contribution in [1.29, 1.82) is 0 Å². The number of H-pyrrole nitrogens is 4. The number of fused-ring (bicyclic) bond motifs is 4. The highest BCUT2D eigenvalue weighted by Crippen LogP contribution is 2.60. The predicted octanol–water partition coefficient (Wildman–Crippen LogP) is 7.40. The SMILES string of the molecule is C#Cc1cn([C@@H]2O[C@](F)(COP3(=O)OCc4cc(Cl)ccc4O3)C[C@H]2O)c(=O)[nH]c1=O.[2H]C([2H])(OP1(=O)OCc2cc(Cl)ccc2O1)[C@]1(F)C[C@@H](O)[C@H](n2cc(C#C)c(=O)[nH]c2=O)O1.[2H]C([2H])(OP1(=O)OCc2cc(Cl)ccc2O1)[C@]1(F)C[C@@H](O)[C@]([2H])(n2cc(C#C)c(=O)[nH]c2=O)O1.[2H][C@@]1(n2cc(C#C)c(=O)[nH]c2=O)O[C@](F)(COP2(=O)OCc3cc(Cl)ccc3O2)C[C@H]1O. The van der Waals surface area contributed by atoms with Crippen LogP contribution in [0.1, 0.15) is 103 Å². The minimum absolute atomic E-state index is 0.00786. The number of nitrogens with zero attached hydrogens (tertiary/aromatic N) is 4. The summed E-state index contributed by atoms with van der Waals surface area (Å²) in [6.45, 7) is -10.1. The number of hydrogen-bond donors (Lipinski definition) is 8. The Hall–Kier alpha value is -9.80. The van der Waals surface area contributed by atoms with E-state index in [2.05, 4.69) is 5.92 Å². The van der Waals surface area contributed by atoms with E-state index in [9.17, 15) is 77.0 Å². The summed E-state index contributed by atoms with van der Waals surface area (Å²) in [5.74, 6) is -4.12. The van der Waals surface area contributed by atoms with Gasteiger partial charge in [0.25, 0.3) is 22.2 Å². The molecule has 124 heavy (non-hydrogen) atoms. The van der Waals surface area contributed by atoms with E-state index in [-0.39, 0.29) is 66.1 Å². The molecule has 16 rings (SSSR count). The van der Waals surface area contributed by atoms with Crippen LogP contribution in [0.25, 0.3) is 0 Å². The van der Waals surface area contributed by atoms with Crippen molar-refractivity contribution in [2.24, 2.45) is 0 Å². The number of hydrogen-bond acceptors (Lipinski definition) is 32. The number of alkyl halides is 4. The molecule has 16 atom stereocenters. The Kier molecular flexibility index (Phi) is 24.5. The Morgan fingerprint density at radius 3 is 0.984 bits per heavy atom. The maximum Gasteiger partial charge on any atom is 0.530 e. The van der Waals surface area contributed by atoms with Crippen molar-refractivity contribution in [1.82, 2.24) is 38.2 Å². The Morgan fingerprint density at radius 1 is 0.411 bits per heavy atom. The van der Waals surface area contributed by atoms with E-state index in [4.69, 9.17) is 154 Å². The third kappa shape index (κ3) is 20.8. The summed E-state index contributed by atoms with van der Waals surface area (Å²) in [6, 6.07) is 17.4. The number of aliphatic hydroxyl groups excluding tert-OH is 4. The molecule has 656 valence electrons. The van der Waals surface area contributed by atoms with Gasteiger partial charge in [-0.05, 0) is 72.8 Å². The number of aliphatic hydroxyl groups is 4. The lowest BCUT2D eigenvalue weighted by atomic mass is 10.2. The van der Waals surface area contributed by atoms with Crippen LogP contribution in [0.4, 0.5) is 17.6 Å². The Labute approximate surface area is 719 Å². The fourth-order valence-corrected chi connectivity index (χ4v) is 17.5. The second-order valence-corrected chi connectivity index (χ2v) is 34.6. The third-order valence-corrected chi connectivity index (χ3v) is 23.7. The van der Waals surface area contributed by atoms with Gasteiger partial charge in [0.05, 0.1) is 34.7 Å². The smallest absolute Gasteiger partial charge is 0.404 e. The number of aromatic amines is 4. The quantitative estimate of drug-likeness (QED) is 0.0265. The first kappa shape index (κ1) is 83.7. The fourth-order valence-electron chi connectivity index (χ4n) is 12.0. The molecule has 0 saturated carbocycles. The van der Waals surface area contributed by atoms with Gasteiger partial charge in [-0.3, -0.25) is 93.6 Å². The first-order valence-electron chi connectivity index (χ1n) is 37.8. The topological polar surface area (TPSA) is 516 Å². The van der Waals surface area contributed by atoms with Crippen molar-refractivity contribution in [2.75, 3.05) is 26.3 Å². The van der Waals surface area contributed by atoms with Gasteiger partial charge in [-0.2, -0.15) is 0 Å². The molecule has 8 aromatic rings. The lowest BCUT2D eigenvalue weighted by Crippen LogP contribution is -2.37. The van der Waals surface area contributed by atoms with Crippen LogP contribution in [0.5, 0.6) is 23.0 Å². The number of nitrogens with one attached hydrogen (secondary N) is 4. The van der Waals surface area contributed by atoms with Gasteiger partial charge in [0.1, 0.15) is 96.0 Å². The van der Waals surface area contributed by atoms with Crippen LogP contribution >= 0.6 is 77.7 Å². The first-order chi connectivity index (χ1) is 60.7. The van der Waals surface area contributed by atoms with Crippen LogP contribution in [0.3, 0.4) is 0 Å². The van der Waals surface area contributed by atoms with Gasteiger partial charge in [0.2, 0.25) is 23.4 Å². The van der Waals surface area contributed by atoms with Gasteiger partial charge in [-0.25, -0.2) is 55.0 Å². The molecule has 4 aromatic carbocycles. The average molecular weight is 1900 g/mol. The van der Waals surface area contributed by atoms with Crippen LogP contribution in [0.15, 0.2) is 136 Å². The number of aromatic nitrogens is 8. The molecule has 12 heterocycles. The van der Waals surface area contributed by atoms with E-state index in [1.165, 1.54) is 66.7 Å². The van der Waals surface area contributed by atoms with Crippen molar-refractivity contribution in [2.45, 2.75) is 125 Å². The molecule has 0 aliphatic carbocycles. The normalized spacial score (nSPS) is 31.9. The highest BCUT2D eigenvalue weighted by Gasteiger charge is 2.55. The van der Waals surface area contributed by atoms with Gasteiger partial charge in [0, 0.05) is 92.8 Å². The molecule has 0 spiro atoms. The molecule has 4 fully saturated rings. The molecule has 52 heteroatoms. The molecule has 8 aliphatic rings. The zero-order chi connectivity index (χ0) is 95.0. The zero-order valence-electron chi connectivity index (χ0n) is 67.9. The minimum Gasteiger partial charge on any atom is -0.404 e. The van der Waals surface area contributed by atoms with Crippen LogP contribution in [0.2, 0.25) is 20.1 Å². The largest absolute Gasteiger partial charge is 0.530 e. The van der Waals surface area contributed by atoms with E-state index >= 15 is 17.6 Å². The molecule has 0 amide bonds. The number of phosphoric acid groups is 4. The van der Waals surface area contributed by atoms with E-state index in [0.717, 1.165) is 23.2 Å². The number of benzene rings is 4. The molecular weight excluding hydrogens is 1830 g/mol. The summed E-state index contributed by atoms with van der Waals surface area (Å²) in [7, 11) is -17.9. The maximum atomic E-state index is 15.7. The van der Waals surface area contributed by atoms with E-state index in [1.807, 2.05) is 32.7 Å². The van der Waals surface area contributed by atoms with E-state index < -0.39 is 207 Å². The fraction of sp³-hybridized carbons (Fsp3) is 0.333. The molecule has 0 radical (unpaired) electrons. The Bertz CT molecular complexity index is 6840. The van der Waals surface area contributed by atoms with E-state index in [0.29, 0.717) is 62.2 Å². The van der Waals surface area contributed by atoms with Gasteiger partial charge < -0.3 is 57.5 Å². The summed E-state index contributed by atoms with van der Waals surface area (Å²) < 4.78 is 244. The Morgan fingerprint density at radius 2 is 0.661 bits per heavy atom. The highest BCUT2D eigenvalue weighted by atomic mass is 35.5. The zero-order valence-corrected chi connectivity index (χ0v) is 68.5. The summed E-state index contributed by atoms with van der Waals surface area (Å²) in [5, 5.41) is 42.7. The number of ether oxygens (including phenoxy) is 4. The molecule has 4 unspecified atom stereocenters. The van der Waals surface area contributed by atoms with Crippen molar-refractivity contribution in [3.05, 3.63) is 246 Å². The van der Waals surface area contributed by atoms with Gasteiger partial charge >= 0.3 is 54.0 Å². The summed E-state index contributed by atoms with van der Waals surface area (Å²) in [5.41, 5.74) is -7.55. The molecular formula is C72H60Cl4F4N8O32P4. The van der Waals surface area contributed by atoms with Gasteiger partial charge in [-0.15, -0.1) is 25.7 Å². The summed E-state index contributed by atoms with van der Waals surface area (Å²) in [4.78, 5) is 103. The standard InChI is InChI=1S/4C18H15ClFN2O8P/c4*1-2-10-7-22(17(25)21-15(10)24)16-13(23)6-18(20,29-16)9-28-31(26)27-8-11-5-12(19)3-4-14(11)30-31/h4*1,3-5,7,13,16,23H,6,8-9H2,(H,21,24,25)/t4*13-,16-,18+,31?/m1111/s1/i9D2,16D;16D;9D2;. The van der Waals surface area contributed by atoms with Gasteiger partial charge in [-0.1, -0.05) is 70.1 Å². The predicted molar refractivity (Wildman–Crippen MR) is 417 cm³/mol. The number of rotatable bonds is 16. The number of terminal acetylenes is 4. The third-order valence-electron chi connectivity index (χ3n) is 17.8. The second-order valence-electron chi connectivity index (χ2n) is 26.6. The van der Waals surface area contributed by atoms with Gasteiger partial charge in [0.15, 0.2) is 24.9 Å². The summed E-state index contributed by atoms with van der Waals surface area (Å²) >= 11 is 23.5. The number of halogens is 8. The average Bonchev–Trinajstić information content (AvgIpc) is 1.59. The number of phosphoric ester groups is 4. The molecule has 8 aliphatic heterocycles. The molecule has 4 saturated heterocycles. The molecule has 0 bridgehead atoms. The second kappa shape index (κ2) is 36.3. The van der Waals surface area contributed by atoms with Crippen LogP contribution in [-0.4, -0.2) is 133 Å². The molecule has 40 nitrogen and oxygen atoms in total. The van der Waals surface area contributed by atoms with Crippen molar-refractivity contribution in [3.63, 3.8) is 0 Å².